The summed E-state index contributed by atoms with van der Waals surface area (Å²) in [5, 5.41) is 2.68. The van der Waals surface area contributed by atoms with Crippen molar-refractivity contribution in [2.75, 3.05) is 20.3 Å². The smallest absolute Gasteiger partial charge is 0.332 e. The van der Waals surface area contributed by atoms with Crippen LogP contribution in [0.5, 0.6) is 0 Å². The summed E-state index contributed by atoms with van der Waals surface area (Å²) < 4.78 is 8.36. The number of ether oxygens (including phenoxy) is 1. The van der Waals surface area contributed by atoms with Crippen LogP contribution in [0.2, 0.25) is 5.28 Å². The standard InChI is InChI=1S/C13H18ClN5O4/c1-17-10-9(11(21)18(2)13(17)22)19(12(14)16-10)7-8(20)15-5-4-6-23-3/h4-7H2,1-3H3,(H,15,20). The Bertz CT molecular complexity index is 851. The van der Waals surface area contributed by atoms with Crippen LogP contribution in [-0.4, -0.2) is 44.9 Å². The number of fused-ring (bicyclic) bond motifs is 1. The summed E-state index contributed by atoms with van der Waals surface area (Å²) in [4.78, 5) is 40.2. The molecule has 126 valence electrons. The predicted octanol–water partition coefficient (Wildman–Crippen LogP) is -0.760. The van der Waals surface area contributed by atoms with E-state index in [9.17, 15) is 14.4 Å². The molecule has 0 saturated heterocycles. The van der Waals surface area contributed by atoms with Gasteiger partial charge in [-0.1, -0.05) is 0 Å². The van der Waals surface area contributed by atoms with E-state index in [0.29, 0.717) is 19.6 Å². The SMILES string of the molecule is COCCCNC(=O)Cn1c(Cl)nc2c1c(=O)n(C)c(=O)n2C. The molecule has 2 aromatic heterocycles. The van der Waals surface area contributed by atoms with Gasteiger partial charge in [0.05, 0.1) is 0 Å². The maximum Gasteiger partial charge on any atom is 0.332 e. The van der Waals surface area contributed by atoms with Crippen LogP contribution in [0, 0.1) is 0 Å². The average Bonchev–Trinajstić information content (AvgIpc) is 2.84. The van der Waals surface area contributed by atoms with Gasteiger partial charge in [0.15, 0.2) is 11.2 Å². The maximum absolute atomic E-state index is 12.3. The first kappa shape index (κ1) is 17.2. The van der Waals surface area contributed by atoms with E-state index in [0.717, 1.165) is 4.57 Å². The minimum atomic E-state index is -0.547. The summed E-state index contributed by atoms with van der Waals surface area (Å²) in [6.07, 6.45) is 0.677. The molecule has 0 aromatic carbocycles. The lowest BCUT2D eigenvalue weighted by molar-refractivity contribution is -0.121. The Morgan fingerprint density at radius 1 is 1.30 bits per heavy atom. The molecule has 0 atom stereocenters. The lowest BCUT2D eigenvalue weighted by atomic mass is 10.4. The molecule has 2 rings (SSSR count). The van der Waals surface area contributed by atoms with Gasteiger partial charge in [-0.25, -0.2) is 4.79 Å². The molecule has 23 heavy (non-hydrogen) atoms. The number of carbonyl (C=O) groups excluding carboxylic acids is 1. The van der Waals surface area contributed by atoms with E-state index in [-0.39, 0.29) is 28.9 Å². The van der Waals surface area contributed by atoms with Gasteiger partial charge < -0.3 is 10.1 Å². The molecule has 0 radical (unpaired) electrons. The van der Waals surface area contributed by atoms with Gasteiger partial charge in [0.2, 0.25) is 11.2 Å². The van der Waals surface area contributed by atoms with Crippen LogP contribution < -0.4 is 16.6 Å². The second-order valence-corrected chi connectivity index (χ2v) is 5.38. The Morgan fingerprint density at radius 3 is 2.65 bits per heavy atom. The van der Waals surface area contributed by atoms with Crippen molar-refractivity contribution >= 4 is 28.7 Å². The van der Waals surface area contributed by atoms with E-state index in [4.69, 9.17) is 16.3 Å². The fourth-order valence-corrected chi connectivity index (χ4v) is 2.43. The molecule has 0 aliphatic rings. The molecule has 0 saturated carbocycles. The monoisotopic (exact) mass is 343 g/mol. The Balaban J connectivity index is 2.35. The highest BCUT2D eigenvalue weighted by Gasteiger charge is 2.19. The molecule has 0 aliphatic heterocycles. The largest absolute Gasteiger partial charge is 0.385 e. The van der Waals surface area contributed by atoms with Crippen LogP contribution in [0.1, 0.15) is 6.42 Å². The molecular weight excluding hydrogens is 326 g/mol. The van der Waals surface area contributed by atoms with Crippen molar-refractivity contribution in [1.29, 1.82) is 0 Å². The van der Waals surface area contributed by atoms with Crippen molar-refractivity contribution in [2.24, 2.45) is 14.1 Å². The summed E-state index contributed by atoms with van der Waals surface area (Å²) in [5.74, 6) is -0.307. The van der Waals surface area contributed by atoms with Gasteiger partial charge in [-0.2, -0.15) is 4.98 Å². The lowest BCUT2D eigenvalue weighted by Gasteiger charge is -2.08. The van der Waals surface area contributed by atoms with E-state index in [1.54, 1.807) is 7.11 Å². The Labute approximate surface area is 136 Å². The number of methoxy groups -OCH3 is 1. The molecule has 9 nitrogen and oxygen atoms in total. The summed E-state index contributed by atoms with van der Waals surface area (Å²) in [6, 6.07) is 0. The number of imidazole rings is 1. The molecule has 0 spiro atoms. The van der Waals surface area contributed by atoms with Crippen LogP contribution in [-0.2, 0) is 30.2 Å². The maximum atomic E-state index is 12.3. The zero-order valence-corrected chi connectivity index (χ0v) is 13.9. The van der Waals surface area contributed by atoms with Crippen LogP contribution in [0.3, 0.4) is 0 Å². The fourth-order valence-electron chi connectivity index (χ4n) is 2.21. The molecule has 10 heteroatoms. The average molecular weight is 344 g/mol. The van der Waals surface area contributed by atoms with Gasteiger partial charge in [-0.3, -0.25) is 23.3 Å². The number of halogens is 1. The number of nitrogens with zero attached hydrogens (tertiary/aromatic N) is 4. The topological polar surface area (TPSA) is 100 Å². The Morgan fingerprint density at radius 2 is 2.00 bits per heavy atom. The van der Waals surface area contributed by atoms with Crippen molar-refractivity contribution < 1.29 is 9.53 Å². The molecule has 2 aromatic rings. The highest BCUT2D eigenvalue weighted by atomic mass is 35.5. The van der Waals surface area contributed by atoms with Gasteiger partial charge in [0.25, 0.3) is 5.56 Å². The van der Waals surface area contributed by atoms with Crippen LogP contribution in [0.25, 0.3) is 11.2 Å². The first-order valence-electron chi connectivity index (χ1n) is 6.95. The van der Waals surface area contributed by atoms with E-state index in [1.165, 1.54) is 23.2 Å². The minimum absolute atomic E-state index is 0.0228. The van der Waals surface area contributed by atoms with Crippen molar-refractivity contribution in [3.8, 4) is 0 Å². The molecule has 0 unspecified atom stereocenters. The predicted molar refractivity (Wildman–Crippen MR) is 84.7 cm³/mol. The van der Waals surface area contributed by atoms with Gasteiger partial charge in [0.1, 0.15) is 6.54 Å². The molecule has 1 N–H and O–H groups in total. The van der Waals surface area contributed by atoms with Gasteiger partial charge in [0, 0.05) is 34.4 Å². The first-order valence-corrected chi connectivity index (χ1v) is 7.33. The third-order valence-corrected chi connectivity index (χ3v) is 3.74. The molecule has 0 bridgehead atoms. The highest BCUT2D eigenvalue weighted by molar-refractivity contribution is 6.29. The molecular formula is C13H18ClN5O4. The Hall–Kier alpha value is -2.13. The van der Waals surface area contributed by atoms with Crippen molar-refractivity contribution in [3.63, 3.8) is 0 Å². The molecule has 0 fully saturated rings. The van der Waals surface area contributed by atoms with E-state index in [2.05, 4.69) is 10.3 Å². The summed E-state index contributed by atoms with van der Waals surface area (Å²) in [6.45, 7) is 0.834. The summed E-state index contributed by atoms with van der Waals surface area (Å²) >= 11 is 6.03. The van der Waals surface area contributed by atoms with E-state index in [1.807, 2.05) is 0 Å². The molecule has 2 heterocycles. The van der Waals surface area contributed by atoms with Crippen molar-refractivity contribution in [3.05, 3.63) is 26.1 Å². The van der Waals surface area contributed by atoms with Crippen LogP contribution >= 0.6 is 11.6 Å². The van der Waals surface area contributed by atoms with Crippen molar-refractivity contribution in [1.82, 2.24) is 24.0 Å². The zero-order valence-electron chi connectivity index (χ0n) is 13.1. The summed E-state index contributed by atoms with van der Waals surface area (Å²) in [7, 11) is 4.43. The van der Waals surface area contributed by atoms with Crippen LogP contribution in [0.15, 0.2) is 9.59 Å². The normalized spacial score (nSPS) is 11.1. The third kappa shape index (κ3) is 3.30. The lowest BCUT2D eigenvalue weighted by Crippen LogP contribution is -2.38. The molecule has 0 aliphatic carbocycles. The number of aryl methyl sites for hydroxylation is 1. The number of hydrogen-bond donors (Lipinski definition) is 1. The number of hydrogen-bond acceptors (Lipinski definition) is 5. The second-order valence-electron chi connectivity index (χ2n) is 5.04. The number of carbonyl (C=O) groups is 1. The van der Waals surface area contributed by atoms with Gasteiger partial charge in [-0.15, -0.1) is 0 Å². The molecule has 1 amide bonds. The third-order valence-electron chi connectivity index (χ3n) is 3.45. The first-order chi connectivity index (χ1) is 10.9. The van der Waals surface area contributed by atoms with E-state index < -0.39 is 11.2 Å². The number of nitrogens with one attached hydrogen (secondary N) is 1. The number of aromatic nitrogens is 4. The quantitative estimate of drug-likeness (QED) is 0.549. The number of rotatable bonds is 6. The van der Waals surface area contributed by atoms with Crippen LogP contribution in [0.4, 0.5) is 0 Å². The Kier molecular flexibility index (Phi) is 5.22. The van der Waals surface area contributed by atoms with Gasteiger partial charge in [-0.05, 0) is 18.0 Å². The minimum Gasteiger partial charge on any atom is -0.385 e. The zero-order chi connectivity index (χ0) is 17.1. The highest BCUT2D eigenvalue weighted by Crippen LogP contribution is 2.15. The van der Waals surface area contributed by atoms with Gasteiger partial charge >= 0.3 is 5.69 Å². The van der Waals surface area contributed by atoms with E-state index >= 15 is 0 Å². The number of amides is 1. The summed E-state index contributed by atoms with van der Waals surface area (Å²) in [5.41, 5.74) is -0.788. The fraction of sp³-hybridized carbons (Fsp3) is 0.538. The second kappa shape index (κ2) is 6.97. The van der Waals surface area contributed by atoms with Crippen molar-refractivity contribution in [2.45, 2.75) is 13.0 Å².